The highest BCUT2D eigenvalue weighted by Crippen LogP contribution is 2.30. The molecule has 0 aromatic heterocycles. The van der Waals surface area contributed by atoms with Crippen molar-refractivity contribution in [3.8, 4) is 5.75 Å². The predicted molar refractivity (Wildman–Crippen MR) is 95.3 cm³/mol. The van der Waals surface area contributed by atoms with E-state index in [9.17, 15) is 14.4 Å². The van der Waals surface area contributed by atoms with Gasteiger partial charge in [-0.25, -0.2) is 0 Å². The summed E-state index contributed by atoms with van der Waals surface area (Å²) in [7, 11) is 0. The number of benzene rings is 2. The van der Waals surface area contributed by atoms with Crippen LogP contribution in [0.3, 0.4) is 0 Å². The second-order valence-electron chi connectivity index (χ2n) is 5.82. The van der Waals surface area contributed by atoms with Gasteiger partial charge in [0.2, 0.25) is 5.91 Å². The third-order valence-corrected chi connectivity index (χ3v) is 3.93. The minimum Gasteiger partial charge on any atom is -0.482 e. The Morgan fingerprint density at radius 2 is 1.65 bits per heavy atom. The monoisotopic (exact) mass is 353 g/mol. The first-order chi connectivity index (χ1) is 12.6. The van der Waals surface area contributed by atoms with Crippen LogP contribution in [0, 0.1) is 0 Å². The van der Waals surface area contributed by atoms with Crippen molar-refractivity contribution in [2.24, 2.45) is 0 Å². The largest absolute Gasteiger partial charge is 0.482 e. The molecule has 0 unspecified atom stereocenters. The Morgan fingerprint density at radius 1 is 0.962 bits per heavy atom. The maximum absolute atomic E-state index is 12.1. The van der Waals surface area contributed by atoms with Crippen LogP contribution in [0.2, 0.25) is 0 Å². The van der Waals surface area contributed by atoms with Crippen LogP contribution in [0.1, 0.15) is 12.0 Å². The van der Waals surface area contributed by atoms with Crippen LogP contribution in [0.4, 0.5) is 5.69 Å². The lowest BCUT2D eigenvalue weighted by Gasteiger charge is -2.28. The number of ether oxygens (including phenoxy) is 1. The van der Waals surface area contributed by atoms with Gasteiger partial charge in [0, 0.05) is 6.42 Å². The zero-order valence-electron chi connectivity index (χ0n) is 14.1. The SMILES string of the molecule is O=C(CCc1ccccc1)NNC(=O)CN1C(=O)COc2ccccc21. The zero-order chi connectivity index (χ0) is 18.4. The highest BCUT2D eigenvalue weighted by molar-refractivity contribution is 6.02. The summed E-state index contributed by atoms with van der Waals surface area (Å²) in [6, 6.07) is 16.6. The van der Waals surface area contributed by atoms with E-state index in [4.69, 9.17) is 4.74 Å². The Morgan fingerprint density at radius 3 is 2.46 bits per heavy atom. The van der Waals surface area contributed by atoms with E-state index in [-0.39, 0.29) is 31.4 Å². The lowest BCUT2D eigenvalue weighted by atomic mass is 10.1. The molecule has 0 saturated heterocycles. The molecule has 7 nitrogen and oxygen atoms in total. The lowest BCUT2D eigenvalue weighted by molar-refractivity contribution is -0.129. The van der Waals surface area contributed by atoms with Crippen molar-refractivity contribution in [1.29, 1.82) is 0 Å². The molecule has 0 atom stereocenters. The third kappa shape index (κ3) is 4.38. The molecule has 134 valence electrons. The molecule has 3 rings (SSSR count). The molecule has 1 aliphatic heterocycles. The van der Waals surface area contributed by atoms with E-state index < -0.39 is 5.91 Å². The molecule has 0 fully saturated rings. The minimum absolute atomic E-state index is 0.117. The average Bonchev–Trinajstić information content (AvgIpc) is 2.68. The van der Waals surface area contributed by atoms with E-state index >= 15 is 0 Å². The molecular formula is C19H19N3O4. The van der Waals surface area contributed by atoms with Crippen molar-refractivity contribution in [2.75, 3.05) is 18.1 Å². The van der Waals surface area contributed by atoms with Crippen molar-refractivity contribution in [1.82, 2.24) is 10.9 Å². The van der Waals surface area contributed by atoms with Gasteiger partial charge in [-0.3, -0.25) is 30.1 Å². The van der Waals surface area contributed by atoms with Gasteiger partial charge in [-0.05, 0) is 24.1 Å². The van der Waals surface area contributed by atoms with Gasteiger partial charge in [-0.15, -0.1) is 0 Å². The van der Waals surface area contributed by atoms with Crippen LogP contribution in [0.5, 0.6) is 5.75 Å². The first kappa shape index (κ1) is 17.5. The van der Waals surface area contributed by atoms with Crippen molar-refractivity contribution >= 4 is 23.4 Å². The van der Waals surface area contributed by atoms with E-state index in [0.717, 1.165) is 5.56 Å². The third-order valence-electron chi connectivity index (χ3n) is 3.93. The van der Waals surface area contributed by atoms with Gasteiger partial charge in [-0.2, -0.15) is 0 Å². The van der Waals surface area contributed by atoms with E-state index in [2.05, 4.69) is 10.9 Å². The number of rotatable bonds is 5. The molecule has 2 N–H and O–H groups in total. The molecule has 2 aromatic rings. The topological polar surface area (TPSA) is 87.7 Å². The summed E-state index contributed by atoms with van der Waals surface area (Å²) >= 11 is 0. The molecule has 0 saturated carbocycles. The van der Waals surface area contributed by atoms with Crippen LogP contribution in [0.15, 0.2) is 54.6 Å². The number of carbonyl (C=O) groups is 3. The normalized spacial score (nSPS) is 12.8. The van der Waals surface area contributed by atoms with Gasteiger partial charge in [0.1, 0.15) is 12.3 Å². The summed E-state index contributed by atoms with van der Waals surface area (Å²) in [4.78, 5) is 37.3. The number of nitrogens with zero attached hydrogens (tertiary/aromatic N) is 1. The number of amides is 3. The summed E-state index contributed by atoms with van der Waals surface area (Å²) in [5, 5.41) is 0. The number of hydrazine groups is 1. The number of aryl methyl sites for hydroxylation is 1. The van der Waals surface area contributed by atoms with Crippen LogP contribution in [-0.2, 0) is 20.8 Å². The van der Waals surface area contributed by atoms with Crippen molar-refractivity contribution in [3.05, 3.63) is 60.2 Å². The molecule has 3 amide bonds. The van der Waals surface area contributed by atoms with Crippen molar-refractivity contribution in [2.45, 2.75) is 12.8 Å². The standard InChI is InChI=1S/C19H19N3O4/c23-17(11-10-14-6-2-1-3-7-14)20-21-18(24)12-22-15-8-4-5-9-16(15)26-13-19(22)25/h1-9H,10-13H2,(H,20,23)(H,21,24). The highest BCUT2D eigenvalue weighted by Gasteiger charge is 2.26. The smallest absolute Gasteiger partial charge is 0.265 e. The first-order valence-electron chi connectivity index (χ1n) is 8.27. The lowest BCUT2D eigenvalue weighted by Crippen LogP contribution is -2.49. The van der Waals surface area contributed by atoms with Crippen LogP contribution < -0.4 is 20.5 Å². The number of hydrogen-bond donors (Lipinski definition) is 2. The summed E-state index contributed by atoms with van der Waals surface area (Å²) in [5.41, 5.74) is 6.30. The Bertz CT molecular complexity index is 807. The fourth-order valence-electron chi connectivity index (χ4n) is 2.61. The van der Waals surface area contributed by atoms with Crippen LogP contribution in [0.25, 0.3) is 0 Å². The Labute approximate surface area is 150 Å². The van der Waals surface area contributed by atoms with E-state index in [1.165, 1.54) is 4.90 Å². The fraction of sp³-hybridized carbons (Fsp3) is 0.211. The van der Waals surface area contributed by atoms with E-state index in [1.54, 1.807) is 24.3 Å². The van der Waals surface area contributed by atoms with Crippen LogP contribution in [-0.4, -0.2) is 30.9 Å². The molecule has 7 heteroatoms. The maximum Gasteiger partial charge on any atom is 0.265 e. The van der Waals surface area contributed by atoms with E-state index in [0.29, 0.717) is 17.9 Å². The maximum atomic E-state index is 12.1. The Kier molecular flexibility index (Phi) is 5.48. The number of anilines is 1. The molecular weight excluding hydrogens is 334 g/mol. The number of carbonyl (C=O) groups excluding carboxylic acids is 3. The molecule has 1 aliphatic rings. The quantitative estimate of drug-likeness (QED) is 0.791. The second kappa shape index (κ2) is 8.15. The number of fused-ring (bicyclic) bond motifs is 1. The predicted octanol–water partition coefficient (Wildman–Crippen LogP) is 1.19. The molecule has 0 radical (unpaired) electrons. The molecule has 0 aliphatic carbocycles. The van der Waals surface area contributed by atoms with Crippen molar-refractivity contribution in [3.63, 3.8) is 0 Å². The molecule has 0 spiro atoms. The minimum atomic E-state index is -0.483. The van der Waals surface area contributed by atoms with Crippen LogP contribution >= 0.6 is 0 Å². The number of hydrogen-bond acceptors (Lipinski definition) is 4. The highest BCUT2D eigenvalue weighted by atomic mass is 16.5. The summed E-state index contributed by atoms with van der Waals surface area (Å²) in [6.07, 6.45) is 0.835. The van der Waals surface area contributed by atoms with Crippen molar-refractivity contribution < 1.29 is 19.1 Å². The Hall–Kier alpha value is -3.35. The van der Waals surface area contributed by atoms with Gasteiger partial charge in [0.05, 0.1) is 5.69 Å². The molecule has 1 heterocycles. The number of nitrogens with one attached hydrogen (secondary N) is 2. The summed E-state index contributed by atoms with van der Waals surface area (Å²) in [6.45, 7) is -0.314. The molecule has 26 heavy (non-hydrogen) atoms. The zero-order valence-corrected chi connectivity index (χ0v) is 14.1. The van der Waals surface area contributed by atoms with Gasteiger partial charge >= 0.3 is 0 Å². The average molecular weight is 353 g/mol. The summed E-state index contributed by atoms with van der Waals surface area (Å²) in [5.74, 6) is -0.542. The summed E-state index contributed by atoms with van der Waals surface area (Å²) < 4.78 is 5.33. The van der Waals surface area contributed by atoms with Gasteiger partial charge < -0.3 is 4.74 Å². The van der Waals surface area contributed by atoms with E-state index in [1.807, 2.05) is 30.3 Å². The van der Waals surface area contributed by atoms with Gasteiger partial charge in [0.15, 0.2) is 6.61 Å². The number of para-hydroxylation sites is 2. The van der Waals surface area contributed by atoms with Gasteiger partial charge in [0.25, 0.3) is 11.8 Å². The fourth-order valence-corrected chi connectivity index (χ4v) is 2.61. The Balaban J connectivity index is 1.48. The first-order valence-corrected chi connectivity index (χ1v) is 8.27. The molecule has 0 bridgehead atoms. The van der Waals surface area contributed by atoms with Gasteiger partial charge in [-0.1, -0.05) is 42.5 Å². The second-order valence-corrected chi connectivity index (χ2v) is 5.82. The molecule has 2 aromatic carbocycles.